The number of ketones is 1. The van der Waals surface area contributed by atoms with Crippen molar-refractivity contribution >= 4 is 23.0 Å². The largest absolute Gasteiger partial charge is 0.374 e. The molecule has 1 fully saturated rings. The van der Waals surface area contributed by atoms with Crippen LogP contribution in [0.2, 0.25) is 0 Å². The summed E-state index contributed by atoms with van der Waals surface area (Å²) in [5.74, 6) is -0.612. The van der Waals surface area contributed by atoms with Crippen molar-refractivity contribution in [3.8, 4) is 0 Å². The van der Waals surface area contributed by atoms with Crippen molar-refractivity contribution in [2.24, 2.45) is 4.99 Å². The highest BCUT2D eigenvalue weighted by Crippen LogP contribution is 2.40. The number of nitrogens with zero attached hydrogens (tertiary/aromatic N) is 2. The average Bonchev–Trinajstić information content (AvgIpc) is 2.89. The van der Waals surface area contributed by atoms with Crippen molar-refractivity contribution in [1.29, 1.82) is 0 Å². The number of Topliss-reactive ketones (excluding diaryl/α,β-unsaturated/α-hetero) is 1. The molecule has 0 aliphatic carbocycles. The van der Waals surface area contributed by atoms with E-state index >= 15 is 0 Å². The van der Waals surface area contributed by atoms with Crippen LogP contribution in [0.4, 0.5) is 15.8 Å². The number of rotatable bonds is 1. The first-order valence-electron chi connectivity index (χ1n) is 7.50. The van der Waals surface area contributed by atoms with Gasteiger partial charge in [0, 0.05) is 24.2 Å². The molecule has 1 saturated heterocycles. The zero-order valence-electron chi connectivity index (χ0n) is 12.6. The molecule has 0 unspecified atom stereocenters. The summed E-state index contributed by atoms with van der Waals surface area (Å²) >= 11 is 0. The molecule has 116 valence electrons. The highest BCUT2D eigenvalue weighted by molar-refractivity contribution is 6.28. The predicted octanol–water partition coefficient (Wildman–Crippen LogP) is 3.00. The van der Waals surface area contributed by atoms with Gasteiger partial charge in [0.25, 0.3) is 0 Å². The zero-order chi connectivity index (χ0) is 16.2. The molecule has 23 heavy (non-hydrogen) atoms. The average molecular weight is 310 g/mol. The number of para-hydroxylation sites is 1. The number of carbonyl (C=O) groups is 1. The summed E-state index contributed by atoms with van der Waals surface area (Å²) in [6, 6.07) is 12.2. The number of benzene rings is 2. The number of aliphatic hydroxyl groups is 1. The third-order valence-corrected chi connectivity index (χ3v) is 4.51. The topological polar surface area (TPSA) is 52.9 Å². The smallest absolute Gasteiger partial charge is 0.204 e. The molecule has 0 radical (unpaired) electrons. The third kappa shape index (κ3) is 1.93. The summed E-state index contributed by atoms with van der Waals surface area (Å²) < 4.78 is 13.8. The van der Waals surface area contributed by atoms with Gasteiger partial charge in [-0.15, -0.1) is 0 Å². The molecule has 0 saturated carbocycles. The van der Waals surface area contributed by atoms with E-state index in [1.165, 1.54) is 6.07 Å². The molecule has 2 aromatic rings. The first-order chi connectivity index (χ1) is 11.0. The van der Waals surface area contributed by atoms with E-state index in [-0.39, 0.29) is 12.0 Å². The Labute approximate surface area is 132 Å². The standard InChI is InChI=1S/C18H15FN2O2/c1-11-9-15-13(10-14(11)19)16(22)18(23)7-8-21(17(18)20-15)12-5-3-2-4-6-12/h2-6,9-10,23H,7-8H2,1H3/t18-/m1/s1. The first-order valence-corrected chi connectivity index (χ1v) is 7.50. The number of aryl methyl sites for hydroxylation is 1. The van der Waals surface area contributed by atoms with Crippen LogP contribution in [-0.4, -0.2) is 28.9 Å². The molecule has 0 bridgehead atoms. The quantitative estimate of drug-likeness (QED) is 0.881. The Morgan fingerprint density at radius 3 is 2.74 bits per heavy atom. The lowest BCUT2D eigenvalue weighted by molar-refractivity contribution is 0.0601. The van der Waals surface area contributed by atoms with E-state index in [9.17, 15) is 14.3 Å². The minimum Gasteiger partial charge on any atom is -0.374 e. The van der Waals surface area contributed by atoms with Crippen LogP contribution < -0.4 is 4.90 Å². The minimum absolute atomic E-state index is 0.147. The molecule has 2 heterocycles. The van der Waals surface area contributed by atoms with Crippen LogP contribution in [-0.2, 0) is 0 Å². The summed E-state index contributed by atoms with van der Waals surface area (Å²) in [6.45, 7) is 2.12. The number of halogens is 1. The van der Waals surface area contributed by atoms with Gasteiger partial charge in [0.2, 0.25) is 5.78 Å². The van der Waals surface area contributed by atoms with Crippen LogP contribution in [0.5, 0.6) is 0 Å². The van der Waals surface area contributed by atoms with Crippen molar-refractivity contribution in [3.63, 3.8) is 0 Å². The summed E-state index contributed by atoms with van der Waals surface area (Å²) in [5.41, 5.74) is 0.184. The number of anilines is 1. The maximum atomic E-state index is 13.8. The molecule has 5 heteroatoms. The van der Waals surface area contributed by atoms with Gasteiger partial charge in [-0.1, -0.05) is 18.2 Å². The Hall–Kier alpha value is -2.53. The molecule has 2 aliphatic heterocycles. The molecule has 0 amide bonds. The fraction of sp³-hybridized carbons (Fsp3) is 0.222. The second-order valence-electron chi connectivity index (χ2n) is 5.98. The first kappa shape index (κ1) is 14.1. The van der Waals surface area contributed by atoms with Gasteiger partial charge in [0.1, 0.15) is 11.7 Å². The summed E-state index contributed by atoms with van der Waals surface area (Å²) in [5, 5.41) is 10.9. The predicted molar refractivity (Wildman–Crippen MR) is 85.9 cm³/mol. The Balaban J connectivity index is 1.90. The van der Waals surface area contributed by atoms with E-state index in [1.54, 1.807) is 13.0 Å². The van der Waals surface area contributed by atoms with Gasteiger partial charge in [0.05, 0.1) is 5.69 Å². The molecule has 0 aromatic heterocycles. The molecular formula is C18H15FN2O2. The molecule has 4 rings (SSSR count). The third-order valence-electron chi connectivity index (χ3n) is 4.51. The van der Waals surface area contributed by atoms with Crippen LogP contribution >= 0.6 is 0 Å². The SMILES string of the molecule is Cc1cc2c(cc1F)C(=O)[C@]1(O)CCN(c3ccccc3)C1=N2. The fourth-order valence-corrected chi connectivity index (χ4v) is 3.22. The minimum atomic E-state index is -1.68. The van der Waals surface area contributed by atoms with Crippen molar-refractivity contribution in [1.82, 2.24) is 0 Å². The van der Waals surface area contributed by atoms with Crippen LogP contribution in [0.3, 0.4) is 0 Å². The van der Waals surface area contributed by atoms with E-state index in [0.29, 0.717) is 23.6 Å². The van der Waals surface area contributed by atoms with Gasteiger partial charge in [-0.25, -0.2) is 9.38 Å². The Bertz CT molecular complexity index is 848. The van der Waals surface area contributed by atoms with Crippen molar-refractivity contribution in [2.45, 2.75) is 18.9 Å². The second-order valence-corrected chi connectivity index (χ2v) is 5.98. The zero-order valence-corrected chi connectivity index (χ0v) is 12.6. The normalized spacial score (nSPS) is 22.7. The molecule has 1 atom stereocenters. The summed E-state index contributed by atoms with van der Waals surface area (Å²) in [7, 11) is 0. The highest BCUT2D eigenvalue weighted by Gasteiger charge is 2.52. The van der Waals surface area contributed by atoms with E-state index in [4.69, 9.17) is 0 Å². The van der Waals surface area contributed by atoms with E-state index < -0.39 is 17.2 Å². The molecule has 0 spiro atoms. The number of hydrogen-bond acceptors (Lipinski definition) is 4. The monoisotopic (exact) mass is 310 g/mol. The van der Waals surface area contributed by atoms with E-state index in [2.05, 4.69) is 4.99 Å². The maximum Gasteiger partial charge on any atom is 0.204 e. The molecule has 1 N–H and O–H groups in total. The number of aliphatic imine (C=N–C) groups is 1. The van der Waals surface area contributed by atoms with Crippen LogP contribution in [0.15, 0.2) is 47.5 Å². The molecular weight excluding hydrogens is 295 g/mol. The van der Waals surface area contributed by atoms with Gasteiger partial charge in [-0.2, -0.15) is 0 Å². The van der Waals surface area contributed by atoms with E-state index in [1.807, 2.05) is 35.2 Å². The van der Waals surface area contributed by atoms with Gasteiger partial charge in [0.15, 0.2) is 5.60 Å². The maximum absolute atomic E-state index is 13.8. The lowest BCUT2D eigenvalue weighted by Crippen LogP contribution is -2.48. The Morgan fingerprint density at radius 2 is 2.00 bits per heavy atom. The number of amidine groups is 1. The number of carbonyl (C=O) groups excluding carboxylic acids is 1. The van der Waals surface area contributed by atoms with Crippen LogP contribution in [0.25, 0.3) is 0 Å². The van der Waals surface area contributed by atoms with Gasteiger partial charge < -0.3 is 10.0 Å². The van der Waals surface area contributed by atoms with Crippen molar-refractivity contribution < 1.29 is 14.3 Å². The number of fused-ring (bicyclic) bond motifs is 2. The van der Waals surface area contributed by atoms with Crippen molar-refractivity contribution in [2.75, 3.05) is 11.4 Å². The van der Waals surface area contributed by atoms with Gasteiger partial charge in [-0.3, -0.25) is 4.79 Å². The summed E-state index contributed by atoms with van der Waals surface area (Å²) in [4.78, 5) is 19.1. The van der Waals surface area contributed by atoms with E-state index in [0.717, 1.165) is 5.69 Å². The Kier molecular flexibility index (Phi) is 2.90. The lowest BCUT2D eigenvalue weighted by Gasteiger charge is -2.29. The fourth-order valence-electron chi connectivity index (χ4n) is 3.22. The van der Waals surface area contributed by atoms with Crippen LogP contribution in [0.1, 0.15) is 22.3 Å². The van der Waals surface area contributed by atoms with Gasteiger partial charge >= 0.3 is 0 Å². The second kappa shape index (κ2) is 4.73. The lowest BCUT2D eigenvalue weighted by atomic mass is 9.87. The molecule has 2 aromatic carbocycles. The van der Waals surface area contributed by atoms with Gasteiger partial charge in [-0.05, 0) is 36.8 Å². The van der Waals surface area contributed by atoms with Crippen LogP contribution in [0, 0.1) is 12.7 Å². The summed E-state index contributed by atoms with van der Waals surface area (Å²) in [6.07, 6.45) is 0.245. The molecule has 2 aliphatic rings. The molecule has 4 nitrogen and oxygen atoms in total. The Morgan fingerprint density at radius 1 is 1.26 bits per heavy atom. The highest BCUT2D eigenvalue weighted by atomic mass is 19.1. The number of hydrogen-bond donors (Lipinski definition) is 1. The van der Waals surface area contributed by atoms with Crippen molar-refractivity contribution in [3.05, 3.63) is 59.4 Å².